The molecule has 1 aromatic carbocycles. The van der Waals surface area contributed by atoms with Crippen LogP contribution in [0.1, 0.15) is 31.9 Å². The highest BCUT2D eigenvalue weighted by molar-refractivity contribution is 8.00. The van der Waals surface area contributed by atoms with Gasteiger partial charge in [0.05, 0.1) is 11.8 Å². The molecule has 130 valence electrons. The summed E-state index contributed by atoms with van der Waals surface area (Å²) in [5.74, 6) is -0.851. The van der Waals surface area contributed by atoms with Gasteiger partial charge >= 0.3 is 5.97 Å². The summed E-state index contributed by atoms with van der Waals surface area (Å²) in [6, 6.07) is 8.11. The Morgan fingerprint density at radius 3 is 2.62 bits per heavy atom. The molecular formula is C18H24N2O3S. The Balaban J connectivity index is 2.45. The fraction of sp³-hybridized carbons (Fsp3) is 0.500. The predicted octanol–water partition coefficient (Wildman–Crippen LogP) is 2.99. The number of nitriles is 1. The number of hydrogen-bond acceptors (Lipinski definition) is 5. The van der Waals surface area contributed by atoms with Gasteiger partial charge < -0.3 is 10.1 Å². The SMILES string of the molecule is Cc1ccc(C)c(SCC(=O)OCC(=O)N[C@](C)(C#N)C(C)C)c1. The Labute approximate surface area is 147 Å². The Kier molecular flexibility index (Phi) is 7.30. The lowest BCUT2D eigenvalue weighted by Crippen LogP contribution is -2.50. The van der Waals surface area contributed by atoms with Crippen LogP contribution < -0.4 is 5.32 Å². The van der Waals surface area contributed by atoms with Crippen LogP contribution in [0.15, 0.2) is 23.1 Å². The summed E-state index contributed by atoms with van der Waals surface area (Å²) in [4.78, 5) is 24.7. The maximum Gasteiger partial charge on any atom is 0.316 e. The molecule has 0 saturated heterocycles. The molecule has 1 aromatic rings. The molecule has 0 saturated carbocycles. The molecule has 6 heteroatoms. The fourth-order valence-electron chi connectivity index (χ4n) is 1.81. The maximum atomic E-state index is 11.9. The number of hydrogen-bond donors (Lipinski definition) is 1. The van der Waals surface area contributed by atoms with Gasteiger partial charge in [-0.1, -0.05) is 31.5 Å². The second-order valence-corrected chi connectivity index (χ2v) is 7.25. The monoisotopic (exact) mass is 348 g/mol. The van der Waals surface area contributed by atoms with E-state index in [-0.39, 0.29) is 18.3 Å². The van der Waals surface area contributed by atoms with Crippen molar-refractivity contribution in [2.24, 2.45) is 5.92 Å². The van der Waals surface area contributed by atoms with Crippen LogP contribution in [-0.2, 0) is 14.3 Å². The van der Waals surface area contributed by atoms with E-state index in [1.807, 2.05) is 45.9 Å². The molecule has 1 amide bonds. The van der Waals surface area contributed by atoms with Gasteiger partial charge in [0.1, 0.15) is 5.54 Å². The molecule has 0 aliphatic heterocycles. The van der Waals surface area contributed by atoms with Gasteiger partial charge in [0.2, 0.25) is 0 Å². The Bertz CT molecular complexity index is 652. The van der Waals surface area contributed by atoms with Gasteiger partial charge in [-0.05, 0) is 38.3 Å². The molecule has 0 heterocycles. The van der Waals surface area contributed by atoms with E-state index in [1.165, 1.54) is 11.8 Å². The fourth-order valence-corrected chi connectivity index (χ4v) is 2.74. The molecule has 0 aromatic heterocycles. The number of rotatable bonds is 7. The van der Waals surface area contributed by atoms with Crippen molar-refractivity contribution in [1.82, 2.24) is 5.32 Å². The molecule has 0 spiro atoms. The second kappa shape index (κ2) is 8.74. The molecule has 0 unspecified atom stereocenters. The molecule has 0 fully saturated rings. The van der Waals surface area contributed by atoms with Crippen molar-refractivity contribution in [3.05, 3.63) is 29.3 Å². The van der Waals surface area contributed by atoms with Gasteiger partial charge in [-0.25, -0.2) is 0 Å². The molecule has 0 aliphatic rings. The Morgan fingerprint density at radius 2 is 2.04 bits per heavy atom. The molecule has 24 heavy (non-hydrogen) atoms. The van der Waals surface area contributed by atoms with E-state index < -0.39 is 17.4 Å². The number of aryl methyl sites for hydroxylation is 2. The number of benzene rings is 1. The van der Waals surface area contributed by atoms with Crippen LogP contribution in [0.25, 0.3) is 0 Å². The summed E-state index contributed by atoms with van der Waals surface area (Å²) in [7, 11) is 0. The van der Waals surface area contributed by atoms with Gasteiger partial charge in [-0.3, -0.25) is 9.59 Å². The van der Waals surface area contributed by atoms with Crippen molar-refractivity contribution in [1.29, 1.82) is 5.26 Å². The van der Waals surface area contributed by atoms with E-state index in [2.05, 4.69) is 11.4 Å². The smallest absolute Gasteiger partial charge is 0.316 e. The van der Waals surface area contributed by atoms with Crippen molar-refractivity contribution in [2.75, 3.05) is 12.4 Å². The molecule has 1 rings (SSSR count). The number of esters is 1. The van der Waals surface area contributed by atoms with Gasteiger partial charge in [0.15, 0.2) is 6.61 Å². The third kappa shape index (κ3) is 5.89. The van der Waals surface area contributed by atoms with E-state index in [0.29, 0.717) is 0 Å². The summed E-state index contributed by atoms with van der Waals surface area (Å²) >= 11 is 1.38. The minimum Gasteiger partial charge on any atom is -0.455 e. The number of ether oxygens (including phenoxy) is 1. The number of amides is 1. The molecule has 1 N–H and O–H groups in total. The van der Waals surface area contributed by atoms with Crippen molar-refractivity contribution in [3.63, 3.8) is 0 Å². The standard InChI is InChI=1S/C18H24N2O3S/c1-12(2)18(5,11-19)20-16(21)9-23-17(22)10-24-15-8-13(3)6-7-14(15)4/h6-8,12H,9-10H2,1-5H3,(H,20,21)/t18-/m1/s1. The molecular weight excluding hydrogens is 324 g/mol. The van der Waals surface area contributed by atoms with Crippen molar-refractivity contribution in [3.8, 4) is 6.07 Å². The van der Waals surface area contributed by atoms with Crippen LogP contribution in [0.4, 0.5) is 0 Å². The van der Waals surface area contributed by atoms with Crippen molar-refractivity contribution < 1.29 is 14.3 Å². The first-order valence-electron chi connectivity index (χ1n) is 7.76. The third-order valence-corrected chi connectivity index (χ3v) is 4.97. The highest BCUT2D eigenvalue weighted by Crippen LogP contribution is 2.23. The zero-order chi connectivity index (χ0) is 18.3. The van der Waals surface area contributed by atoms with E-state index in [9.17, 15) is 9.59 Å². The first-order chi connectivity index (χ1) is 11.2. The number of carbonyl (C=O) groups excluding carboxylic acids is 2. The largest absolute Gasteiger partial charge is 0.455 e. The van der Waals surface area contributed by atoms with E-state index in [0.717, 1.165) is 16.0 Å². The van der Waals surface area contributed by atoms with E-state index in [4.69, 9.17) is 10.00 Å². The van der Waals surface area contributed by atoms with Crippen LogP contribution in [0.3, 0.4) is 0 Å². The van der Waals surface area contributed by atoms with E-state index >= 15 is 0 Å². The Hall–Kier alpha value is -2.00. The van der Waals surface area contributed by atoms with Crippen LogP contribution in [0, 0.1) is 31.1 Å². The topological polar surface area (TPSA) is 79.2 Å². The number of carbonyl (C=O) groups is 2. The summed E-state index contributed by atoms with van der Waals surface area (Å²) in [6.07, 6.45) is 0. The summed E-state index contributed by atoms with van der Waals surface area (Å²) < 4.78 is 4.98. The molecule has 0 radical (unpaired) electrons. The quantitative estimate of drug-likeness (QED) is 0.605. The summed E-state index contributed by atoms with van der Waals surface area (Å²) in [5.41, 5.74) is 1.25. The lowest BCUT2D eigenvalue weighted by molar-refractivity contribution is -0.146. The molecule has 0 aliphatic carbocycles. The lowest BCUT2D eigenvalue weighted by Gasteiger charge is -2.27. The molecule has 5 nitrogen and oxygen atoms in total. The maximum absolute atomic E-state index is 11.9. The van der Waals surface area contributed by atoms with E-state index in [1.54, 1.807) is 6.92 Å². The normalized spacial score (nSPS) is 13.0. The van der Waals surface area contributed by atoms with Gasteiger partial charge in [0, 0.05) is 4.90 Å². The second-order valence-electron chi connectivity index (χ2n) is 6.24. The van der Waals surface area contributed by atoms with Crippen LogP contribution in [0.2, 0.25) is 0 Å². The summed E-state index contributed by atoms with van der Waals surface area (Å²) in [5, 5.41) is 11.8. The average Bonchev–Trinajstić information content (AvgIpc) is 2.53. The first kappa shape index (κ1) is 20.0. The minimum absolute atomic E-state index is 0.0537. The highest BCUT2D eigenvalue weighted by Gasteiger charge is 2.30. The number of nitrogens with one attached hydrogen (secondary N) is 1. The average molecular weight is 348 g/mol. The van der Waals surface area contributed by atoms with Crippen molar-refractivity contribution >= 4 is 23.6 Å². The molecule has 1 atom stereocenters. The first-order valence-corrected chi connectivity index (χ1v) is 8.74. The van der Waals surface area contributed by atoms with Gasteiger partial charge in [-0.2, -0.15) is 5.26 Å². The minimum atomic E-state index is -0.975. The van der Waals surface area contributed by atoms with Crippen LogP contribution >= 0.6 is 11.8 Å². The van der Waals surface area contributed by atoms with Crippen molar-refractivity contribution in [2.45, 2.75) is 45.1 Å². The zero-order valence-corrected chi connectivity index (χ0v) is 15.6. The summed E-state index contributed by atoms with van der Waals surface area (Å²) in [6.45, 7) is 8.93. The predicted molar refractivity (Wildman–Crippen MR) is 94.6 cm³/mol. The number of thioether (sulfide) groups is 1. The Morgan fingerprint density at radius 1 is 1.38 bits per heavy atom. The third-order valence-electron chi connectivity index (χ3n) is 3.84. The lowest BCUT2D eigenvalue weighted by atomic mass is 9.90. The molecule has 0 bridgehead atoms. The number of nitrogens with zero attached hydrogens (tertiary/aromatic N) is 1. The zero-order valence-electron chi connectivity index (χ0n) is 14.8. The van der Waals surface area contributed by atoms with Crippen LogP contribution in [0.5, 0.6) is 0 Å². The van der Waals surface area contributed by atoms with Gasteiger partial charge in [0.25, 0.3) is 5.91 Å². The van der Waals surface area contributed by atoms with Crippen LogP contribution in [-0.4, -0.2) is 29.8 Å². The highest BCUT2D eigenvalue weighted by atomic mass is 32.2. The van der Waals surface area contributed by atoms with Gasteiger partial charge in [-0.15, -0.1) is 11.8 Å².